The van der Waals surface area contributed by atoms with Crippen LogP contribution in [0.2, 0.25) is 0 Å². The van der Waals surface area contributed by atoms with Crippen LogP contribution in [0.25, 0.3) is 0 Å². The highest BCUT2D eigenvalue weighted by Crippen LogP contribution is 2.24. The molecule has 0 radical (unpaired) electrons. The molecule has 2 aromatic rings. The second-order valence-electron chi connectivity index (χ2n) is 6.52. The summed E-state index contributed by atoms with van der Waals surface area (Å²) in [5.41, 5.74) is 2.14. The molecular weight excluding hydrogens is 350 g/mol. The summed E-state index contributed by atoms with van der Waals surface area (Å²) in [4.78, 5) is 0.289. The Balaban J connectivity index is 1.67. The van der Waals surface area contributed by atoms with Crippen molar-refractivity contribution in [1.29, 1.82) is 0 Å². The third kappa shape index (κ3) is 5.14. The first-order valence-electron chi connectivity index (χ1n) is 8.89. The van der Waals surface area contributed by atoms with Gasteiger partial charge in [-0.15, -0.1) is 0 Å². The van der Waals surface area contributed by atoms with Gasteiger partial charge >= 0.3 is 0 Å². The summed E-state index contributed by atoms with van der Waals surface area (Å²) in [5, 5.41) is 0. The van der Waals surface area contributed by atoms with Crippen LogP contribution >= 0.6 is 0 Å². The van der Waals surface area contributed by atoms with Crippen LogP contribution in [0.5, 0.6) is 0 Å². The lowest BCUT2D eigenvalue weighted by atomic mass is 9.94. The number of ether oxygens (including phenoxy) is 2. The molecule has 6 heteroatoms. The van der Waals surface area contributed by atoms with E-state index in [0.29, 0.717) is 19.8 Å². The molecule has 1 saturated heterocycles. The molecule has 1 aliphatic rings. The van der Waals surface area contributed by atoms with E-state index in [2.05, 4.69) is 4.72 Å². The zero-order valence-electron chi connectivity index (χ0n) is 14.9. The summed E-state index contributed by atoms with van der Waals surface area (Å²) in [7, 11) is -3.53. The van der Waals surface area contributed by atoms with E-state index in [1.54, 1.807) is 24.3 Å². The fourth-order valence-corrected chi connectivity index (χ4v) is 4.12. The molecule has 1 aliphatic heterocycles. The van der Waals surface area contributed by atoms with Crippen molar-refractivity contribution >= 4 is 10.0 Å². The Morgan fingerprint density at radius 2 is 1.69 bits per heavy atom. The van der Waals surface area contributed by atoms with Crippen LogP contribution in [0.15, 0.2) is 59.5 Å². The molecule has 26 heavy (non-hydrogen) atoms. The lowest BCUT2D eigenvalue weighted by molar-refractivity contribution is -0.0486. The van der Waals surface area contributed by atoms with E-state index in [0.717, 1.165) is 24.0 Å². The molecule has 1 atom stereocenters. The molecule has 2 aromatic carbocycles. The van der Waals surface area contributed by atoms with Gasteiger partial charge in [-0.2, -0.15) is 0 Å². The minimum absolute atomic E-state index is 0.0595. The van der Waals surface area contributed by atoms with Crippen LogP contribution in [0.1, 0.15) is 29.9 Å². The van der Waals surface area contributed by atoms with E-state index in [9.17, 15) is 8.42 Å². The summed E-state index contributed by atoms with van der Waals surface area (Å²) in [5.74, 6) is 0.0595. The van der Waals surface area contributed by atoms with Crippen molar-refractivity contribution in [3.63, 3.8) is 0 Å². The van der Waals surface area contributed by atoms with Gasteiger partial charge in [0.2, 0.25) is 10.0 Å². The van der Waals surface area contributed by atoms with Gasteiger partial charge < -0.3 is 9.47 Å². The van der Waals surface area contributed by atoms with Gasteiger partial charge in [-0.3, -0.25) is 0 Å². The topological polar surface area (TPSA) is 64.6 Å². The molecule has 0 spiro atoms. The van der Waals surface area contributed by atoms with Gasteiger partial charge in [0.05, 0.1) is 18.1 Å². The Hall–Kier alpha value is -1.73. The van der Waals surface area contributed by atoms with Crippen molar-refractivity contribution in [1.82, 2.24) is 4.72 Å². The number of nitrogens with one attached hydrogen (secondary N) is 1. The van der Waals surface area contributed by atoms with Crippen LogP contribution in [0, 0.1) is 6.92 Å². The van der Waals surface area contributed by atoms with Crippen LogP contribution in [-0.2, 0) is 19.5 Å². The lowest BCUT2D eigenvalue weighted by Crippen LogP contribution is -2.29. The quantitative estimate of drug-likeness (QED) is 0.769. The highest BCUT2D eigenvalue weighted by atomic mass is 32.2. The van der Waals surface area contributed by atoms with Crippen molar-refractivity contribution < 1.29 is 17.9 Å². The Kier molecular flexibility index (Phi) is 6.43. The van der Waals surface area contributed by atoms with Crippen LogP contribution < -0.4 is 4.72 Å². The molecular formula is C20H25NO4S. The number of benzene rings is 2. The predicted octanol–water partition coefficient (Wildman–Crippen LogP) is 3.21. The summed E-state index contributed by atoms with van der Waals surface area (Å²) >= 11 is 0. The largest absolute Gasteiger partial charge is 0.350 e. The minimum atomic E-state index is -3.53. The second kappa shape index (κ2) is 8.77. The summed E-state index contributed by atoms with van der Waals surface area (Å²) in [6, 6.07) is 16.8. The highest BCUT2D eigenvalue weighted by Gasteiger charge is 2.21. The zero-order chi connectivity index (χ0) is 18.4. The lowest BCUT2D eigenvalue weighted by Gasteiger charge is -2.20. The summed E-state index contributed by atoms with van der Waals surface area (Å²) < 4.78 is 38.9. The number of hydrogen-bond donors (Lipinski definition) is 1. The van der Waals surface area contributed by atoms with Crippen molar-refractivity contribution in [3.05, 3.63) is 65.7 Å². The first-order chi connectivity index (χ1) is 12.5. The van der Waals surface area contributed by atoms with E-state index in [4.69, 9.17) is 9.47 Å². The first-order valence-corrected chi connectivity index (χ1v) is 10.4. The molecule has 5 nitrogen and oxygen atoms in total. The van der Waals surface area contributed by atoms with Crippen molar-refractivity contribution in [2.24, 2.45) is 0 Å². The van der Waals surface area contributed by atoms with Crippen LogP contribution in [-0.4, -0.2) is 34.5 Å². The maximum absolute atomic E-state index is 12.6. The Labute approximate surface area is 155 Å². The fraction of sp³-hybridized carbons (Fsp3) is 0.400. The molecule has 3 rings (SSSR count). The minimum Gasteiger partial charge on any atom is -0.350 e. The summed E-state index contributed by atoms with van der Waals surface area (Å²) in [6.07, 6.45) is 1.34. The molecule has 1 heterocycles. The van der Waals surface area contributed by atoms with Crippen molar-refractivity contribution in [3.8, 4) is 0 Å². The Bertz CT molecular complexity index is 784. The maximum Gasteiger partial charge on any atom is 0.240 e. The summed E-state index contributed by atoms with van der Waals surface area (Å²) in [6.45, 7) is 3.52. The molecule has 0 aliphatic carbocycles. The molecule has 1 fully saturated rings. The smallest absolute Gasteiger partial charge is 0.240 e. The monoisotopic (exact) mass is 375 g/mol. The Morgan fingerprint density at radius 3 is 2.35 bits per heavy atom. The molecule has 1 N–H and O–H groups in total. The highest BCUT2D eigenvalue weighted by molar-refractivity contribution is 7.89. The Morgan fingerprint density at radius 1 is 1.04 bits per heavy atom. The molecule has 0 aromatic heterocycles. The van der Waals surface area contributed by atoms with Gasteiger partial charge in [-0.05, 0) is 43.4 Å². The first kappa shape index (κ1) is 19.0. The molecule has 0 saturated carbocycles. The van der Waals surface area contributed by atoms with Gasteiger partial charge in [0.15, 0.2) is 6.29 Å². The average Bonchev–Trinajstić information content (AvgIpc) is 3.16. The van der Waals surface area contributed by atoms with Crippen LogP contribution in [0.4, 0.5) is 0 Å². The number of hydrogen-bond acceptors (Lipinski definition) is 4. The van der Waals surface area contributed by atoms with Gasteiger partial charge in [0, 0.05) is 6.54 Å². The SMILES string of the molecule is Cc1ccc(S(=O)(=O)NC[C@H](CCC2OCCO2)c2ccccc2)cc1. The van der Waals surface area contributed by atoms with Crippen molar-refractivity contribution in [2.45, 2.75) is 36.9 Å². The van der Waals surface area contributed by atoms with E-state index >= 15 is 0 Å². The maximum atomic E-state index is 12.6. The normalized spacial score (nSPS) is 16.7. The number of aryl methyl sites for hydroxylation is 1. The zero-order valence-corrected chi connectivity index (χ0v) is 15.7. The van der Waals surface area contributed by atoms with E-state index in [1.165, 1.54) is 0 Å². The molecule has 140 valence electrons. The van der Waals surface area contributed by atoms with Gasteiger partial charge in [-0.25, -0.2) is 13.1 Å². The third-order valence-electron chi connectivity index (χ3n) is 4.56. The van der Waals surface area contributed by atoms with Gasteiger partial charge in [-0.1, -0.05) is 48.0 Å². The van der Waals surface area contributed by atoms with E-state index in [1.807, 2.05) is 37.3 Å². The molecule has 0 amide bonds. The number of sulfonamides is 1. The molecule has 0 bridgehead atoms. The van der Waals surface area contributed by atoms with E-state index in [-0.39, 0.29) is 17.1 Å². The molecule has 0 unspecified atom stereocenters. The number of rotatable bonds is 8. The third-order valence-corrected chi connectivity index (χ3v) is 6.00. The fourth-order valence-electron chi connectivity index (χ4n) is 3.03. The van der Waals surface area contributed by atoms with E-state index < -0.39 is 10.0 Å². The predicted molar refractivity (Wildman–Crippen MR) is 100 cm³/mol. The second-order valence-corrected chi connectivity index (χ2v) is 8.29. The van der Waals surface area contributed by atoms with Gasteiger partial charge in [0.25, 0.3) is 0 Å². The van der Waals surface area contributed by atoms with Crippen molar-refractivity contribution in [2.75, 3.05) is 19.8 Å². The average molecular weight is 375 g/mol. The standard InChI is InChI=1S/C20H25NO4S/c1-16-7-10-19(11-8-16)26(22,23)21-15-18(17-5-3-2-4-6-17)9-12-20-24-13-14-25-20/h2-8,10-11,18,20-21H,9,12-15H2,1H3/t18-/m0/s1. The van der Waals surface area contributed by atoms with Gasteiger partial charge in [0.1, 0.15) is 0 Å². The van der Waals surface area contributed by atoms with Crippen LogP contribution in [0.3, 0.4) is 0 Å².